The number of hydrogen-bond donors (Lipinski definition) is 0. The molecule has 3 aromatic rings. The van der Waals surface area contributed by atoms with Gasteiger partial charge in [-0.3, -0.25) is 19.1 Å². The second-order valence-corrected chi connectivity index (χ2v) is 9.95. The molecule has 0 heterocycles. The molecule has 1 unspecified atom stereocenters. The van der Waals surface area contributed by atoms with E-state index in [1.165, 1.54) is 0 Å². The summed E-state index contributed by atoms with van der Waals surface area (Å²) >= 11 is 0. The summed E-state index contributed by atoms with van der Waals surface area (Å²) in [6.07, 6.45) is 0.906. The lowest BCUT2D eigenvalue weighted by atomic mass is 10.1. The van der Waals surface area contributed by atoms with Crippen molar-refractivity contribution in [2.75, 3.05) is 12.0 Å². The molecule has 0 fully saturated rings. The van der Waals surface area contributed by atoms with E-state index >= 15 is 0 Å². The van der Waals surface area contributed by atoms with Gasteiger partial charge in [-0.25, -0.2) is 8.42 Å². The molecule has 0 aliphatic heterocycles. The van der Waals surface area contributed by atoms with Crippen LogP contribution in [0.5, 0.6) is 5.75 Å². The van der Waals surface area contributed by atoms with Crippen LogP contribution < -0.4 is 4.74 Å². The van der Waals surface area contributed by atoms with Gasteiger partial charge in [0.15, 0.2) is 9.84 Å². The second-order valence-electron chi connectivity index (χ2n) is 6.51. The Labute approximate surface area is 181 Å². The van der Waals surface area contributed by atoms with Gasteiger partial charge in [0.2, 0.25) is 0 Å². The average Bonchev–Trinajstić information content (AvgIpc) is 2.73. The summed E-state index contributed by atoms with van der Waals surface area (Å²) in [4.78, 5) is 22.1. The molecule has 0 bridgehead atoms. The Balaban J connectivity index is 1.72. The SMILES string of the molecule is CS(=O)(=O)c1ccc(S(=O)CC(=O)Oc2ccc(-c3ccccc3)cc2)c([N+](=O)[O-])c1. The lowest BCUT2D eigenvalue weighted by Crippen LogP contribution is -2.17. The number of carbonyl (C=O) groups excluding carboxylic acids is 1. The van der Waals surface area contributed by atoms with E-state index in [9.17, 15) is 27.5 Å². The third-order valence-electron chi connectivity index (χ3n) is 4.24. The monoisotopic (exact) mass is 459 g/mol. The van der Waals surface area contributed by atoms with Crippen molar-refractivity contribution in [1.82, 2.24) is 0 Å². The maximum Gasteiger partial charge on any atom is 0.324 e. The smallest absolute Gasteiger partial charge is 0.324 e. The minimum Gasteiger partial charge on any atom is -0.426 e. The predicted octanol–water partition coefficient (Wildman–Crippen LogP) is 3.38. The van der Waals surface area contributed by atoms with Crippen LogP contribution in [-0.4, -0.2) is 35.5 Å². The van der Waals surface area contributed by atoms with Crippen LogP contribution in [0, 0.1) is 10.1 Å². The molecule has 0 saturated carbocycles. The highest BCUT2D eigenvalue weighted by atomic mass is 32.2. The van der Waals surface area contributed by atoms with E-state index in [2.05, 4.69) is 0 Å². The lowest BCUT2D eigenvalue weighted by molar-refractivity contribution is -0.388. The summed E-state index contributed by atoms with van der Waals surface area (Å²) in [5, 5.41) is 11.3. The number of nitro benzene ring substituents is 1. The van der Waals surface area contributed by atoms with Crippen LogP contribution in [0.2, 0.25) is 0 Å². The van der Waals surface area contributed by atoms with Gasteiger partial charge in [0, 0.05) is 12.3 Å². The molecule has 10 heteroatoms. The highest BCUT2D eigenvalue weighted by Crippen LogP contribution is 2.27. The average molecular weight is 460 g/mol. The number of nitrogens with zero attached hydrogens (tertiary/aromatic N) is 1. The van der Waals surface area contributed by atoms with E-state index in [0.717, 1.165) is 35.6 Å². The summed E-state index contributed by atoms with van der Waals surface area (Å²) in [5.41, 5.74) is 1.28. The van der Waals surface area contributed by atoms with Gasteiger partial charge in [-0.05, 0) is 35.4 Å². The number of carbonyl (C=O) groups is 1. The first-order valence-corrected chi connectivity index (χ1v) is 12.1. The Kier molecular flexibility index (Phi) is 6.62. The summed E-state index contributed by atoms with van der Waals surface area (Å²) in [7, 11) is -5.78. The summed E-state index contributed by atoms with van der Waals surface area (Å²) in [5.74, 6) is -1.23. The molecule has 1 atom stereocenters. The number of esters is 1. The van der Waals surface area contributed by atoms with Crippen molar-refractivity contribution in [2.24, 2.45) is 0 Å². The van der Waals surface area contributed by atoms with E-state index in [0.29, 0.717) is 0 Å². The molecule has 0 saturated heterocycles. The van der Waals surface area contributed by atoms with Gasteiger partial charge >= 0.3 is 5.97 Å². The van der Waals surface area contributed by atoms with Gasteiger partial charge in [-0.2, -0.15) is 0 Å². The summed E-state index contributed by atoms with van der Waals surface area (Å²) in [6, 6.07) is 19.3. The van der Waals surface area contributed by atoms with Crippen LogP contribution in [-0.2, 0) is 25.4 Å². The van der Waals surface area contributed by atoms with Crippen LogP contribution in [0.1, 0.15) is 0 Å². The van der Waals surface area contributed by atoms with E-state index < -0.39 is 43.0 Å². The summed E-state index contributed by atoms with van der Waals surface area (Å²) < 4.78 is 40.9. The fourth-order valence-corrected chi connectivity index (χ4v) is 4.41. The normalized spacial score (nSPS) is 12.2. The van der Waals surface area contributed by atoms with Gasteiger partial charge in [-0.1, -0.05) is 42.5 Å². The predicted molar refractivity (Wildman–Crippen MR) is 115 cm³/mol. The van der Waals surface area contributed by atoms with Crippen LogP contribution >= 0.6 is 0 Å². The molecular formula is C21H17NO7S2. The molecule has 0 spiro atoms. The quantitative estimate of drug-likeness (QED) is 0.230. The number of hydrogen-bond acceptors (Lipinski definition) is 7. The van der Waals surface area contributed by atoms with Crippen molar-refractivity contribution in [2.45, 2.75) is 9.79 Å². The molecule has 0 radical (unpaired) electrons. The standard InChI is InChI=1S/C21H17NO7S2/c1-31(27,28)18-11-12-20(19(13-18)22(24)25)30(26)14-21(23)29-17-9-7-16(8-10-17)15-5-3-2-4-6-15/h2-13H,14H2,1H3. The highest BCUT2D eigenvalue weighted by molar-refractivity contribution is 7.90. The highest BCUT2D eigenvalue weighted by Gasteiger charge is 2.24. The fraction of sp³-hybridized carbons (Fsp3) is 0.0952. The zero-order chi connectivity index (χ0) is 22.6. The first kappa shape index (κ1) is 22.3. The van der Waals surface area contributed by atoms with Crippen LogP contribution in [0.4, 0.5) is 5.69 Å². The Morgan fingerprint density at radius 1 is 1.00 bits per heavy atom. The van der Waals surface area contributed by atoms with Gasteiger partial charge < -0.3 is 4.74 Å². The van der Waals surface area contributed by atoms with Crippen molar-refractivity contribution < 1.29 is 27.1 Å². The van der Waals surface area contributed by atoms with Gasteiger partial charge in [-0.15, -0.1) is 0 Å². The number of ether oxygens (including phenoxy) is 1. The van der Waals surface area contributed by atoms with Crippen LogP contribution in [0.3, 0.4) is 0 Å². The molecule has 0 N–H and O–H groups in total. The van der Waals surface area contributed by atoms with Crippen LogP contribution in [0.15, 0.2) is 82.6 Å². The van der Waals surface area contributed by atoms with E-state index in [1.54, 1.807) is 24.3 Å². The number of nitro groups is 1. The second kappa shape index (κ2) is 9.19. The molecule has 8 nitrogen and oxygen atoms in total. The Bertz CT molecular complexity index is 1250. The number of rotatable bonds is 7. The number of sulfone groups is 1. The maximum atomic E-state index is 12.5. The Morgan fingerprint density at radius 3 is 2.19 bits per heavy atom. The molecule has 3 rings (SSSR count). The van der Waals surface area contributed by atoms with E-state index in [4.69, 9.17) is 4.74 Å². The maximum absolute atomic E-state index is 12.5. The molecule has 160 valence electrons. The third kappa shape index (κ3) is 5.62. The zero-order valence-corrected chi connectivity index (χ0v) is 17.9. The van der Waals surface area contributed by atoms with Crippen molar-refractivity contribution >= 4 is 32.3 Å². The zero-order valence-electron chi connectivity index (χ0n) is 16.3. The number of benzene rings is 3. The van der Waals surface area contributed by atoms with Crippen molar-refractivity contribution in [3.8, 4) is 16.9 Å². The Hall–Kier alpha value is -3.37. The lowest BCUT2D eigenvalue weighted by Gasteiger charge is -2.07. The molecule has 3 aromatic carbocycles. The first-order valence-electron chi connectivity index (χ1n) is 8.88. The summed E-state index contributed by atoms with van der Waals surface area (Å²) in [6.45, 7) is 0. The minimum absolute atomic E-state index is 0.239. The molecule has 0 aliphatic rings. The van der Waals surface area contributed by atoms with E-state index in [1.807, 2.05) is 30.3 Å². The molecule has 0 aliphatic carbocycles. The van der Waals surface area contributed by atoms with Crippen molar-refractivity contribution in [1.29, 1.82) is 0 Å². The molecular weight excluding hydrogens is 442 g/mol. The molecule has 0 amide bonds. The van der Waals surface area contributed by atoms with E-state index in [-0.39, 0.29) is 15.5 Å². The van der Waals surface area contributed by atoms with Gasteiger partial charge in [0.05, 0.1) is 20.6 Å². The van der Waals surface area contributed by atoms with Gasteiger partial charge in [0.1, 0.15) is 16.4 Å². The topological polar surface area (TPSA) is 121 Å². The Morgan fingerprint density at radius 2 is 1.61 bits per heavy atom. The third-order valence-corrected chi connectivity index (χ3v) is 6.69. The van der Waals surface area contributed by atoms with Crippen molar-refractivity contribution in [3.63, 3.8) is 0 Å². The fourth-order valence-electron chi connectivity index (χ4n) is 2.75. The largest absolute Gasteiger partial charge is 0.426 e. The first-order chi connectivity index (χ1) is 14.6. The van der Waals surface area contributed by atoms with Crippen molar-refractivity contribution in [3.05, 3.63) is 82.9 Å². The molecule has 31 heavy (non-hydrogen) atoms. The molecule has 0 aromatic heterocycles. The van der Waals surface area contributed by atoms with Crippen LogP contribution in [0.25, 0.3) is 11.1 Å². The van der Waals surface area contributed by atoms with Gasteiger partial charge in [0.25, 0.3) is 5.69 Å². The minimum atomic E-state index is -3.68.